The molecule has 0 saturated heterocycles. The number of imide groups is 1. The minimum atomic E-state index is -4.93. The van der Waals surface area contributed by atoms with E-state index < -0.39 is 72.3 Å². The van der Waals surface area contributed by atoms with Crippen LogP contribution in [0, 0.1) is 0 Å². The number of carbonyl (C=O) groups excluding carboxylic acids is 2. The molecule has 2 amide bonds. The number of alkyl halides is 4. The van der Waals surface area contributed by atoms with Crippen molar-refractivity contribution in [2.45, 2.75) is 70.7 Å². The topological polar surface area (TPSA) is 101 Å². The minimum absolute atomic E-state index is 0.0286. The van der Waals surface area contributed by atoms with Crippen molar-refractivity contribution >= 4 is 38.0 Å². The highest BCUT2D eigenvalue weighted by Crippen LogP contribution is 2.52. The first-order valence-electron chi connectivity index (χ1n) is 11.9. The van der Waals surface area contributed by atoms with E-state index in [2.05, 4.69) is 0 Å². The zero-order valence-corrected chi connectivity index (χ0v) is 24.7. The molecule has 1 aliphatic heterocycles. The van der Waals surface area contributed by atoms with Gasteiger partial charge in [0, 0.05) is 16.1 Å². The Morgan fingerprint density at radius 1 is 0.951 bits per heavy atom. The molecule has 0 spiro atoms. The molecule has 0 fully saturated rings. The van der Waals surface area contributed by atoms with Gasteiger partial charge in [-0.15, -0.1) is 0 Å². The van der Waals surface area contributed by atoms with Gasteiger partial charge in [0.15, 0.2) is 0 Å². The molecule has 0 aromatic heterocycles. The molecule has 15 heteroatoms. The maximum absolute atomic E-state index is 17.1. The number of hydrogen-bond acceptors (Lipinski definition) is 8. The highest BCUT2D eigenvalue weighted by molar-refractivity contribution is 7.17. The fourth-order valence-corrected chi connectivity index (χ4v) is 4.40. The van der Waals surface area contributed by atoms with Gasteiger partial charge in [0.2, 0.25) is 5.67 Å². The van der Waals surface area contributed by atoms with E-state index in [4.69, 9.17) is 35.1 Å². The second kappa shape index (κ2) is 11.1. The Balaban J connectivity index is 2.26. The summed E-state index contributed by atoms with van der Waals surface area (Å²) in [6.07, 6.45) is -9.58. The van der Waals surface area contributed by atoms with Crippen LogP contribution in [-0.4, -0.2) is 36.5 Å². The number of amides is 2. The predicted octanol–water partition coefficient (Wildman–Crippen LogP) is 7.53. The van der Waals surface area contributed by atoms with Crippen LogP contribution < -0.4 is 9.64 Å². The van der Waals surface area contributed by atoms with E-state index in [0.29, 0.717) is 12.1 Å². The third-order valence-electron chi connectivity index (χ3n) is 5.37. The Bertz CT molecular complexity index is 1340. The molecule has 9 nitrogen and oxygen atoms in total. The molecule has 0 saturated carbocycles. The van der Waals surface area contributed by atoms with Crippen molar-refractivity contribution in [2.75, 3.05) is 12.0 Å². The van der Waals surface area contributed by atoms with Crippen LogP contribution in [0.15, 0.2) is 36.4 Å². The van der Waals surface area contributed by atoms with Gasteiger partial charge in [-0.1, -0.05) is 17.7 Å². The third kappa shape index (κ3) is 6.81. The number of nitrogens with zero attached hydrogens (tertiary/aromatic N) is 1. The zero-order chi connectivity index (χ0) is 31.2. The van der Waals surface area contributed by atoms with Gasteiger partial charge in [-0.3, -0.25) is 14.3 Å². The lowest BCUT2D eigenvalue weighted by molar-refractivity contribution is -0.486. The van der Waals surface area contributed by atoms with Gasteiger partial charge < -0.3 is 9.47 Å². The first-order valence-corrected chi connectivity index (χ1v) is 13.0. The summed E-state index contributed by atoms with van der Waals surface area (Å²) in [6.45, 7) is 8.98. The van der Waals surface area contributed by atoms with Crippen molar-refractivity contribution in [1.29, 1.82) is 0 Å². The van der Waals surface area contributed by atoms with E-state index in [9.17, 15) is 27.3 Å². The number of benzene rings is 2. The van der Waals surface area contributed by atoms with Crippen LogP contribution in [0.4, 0.5) is 28.0 Å². The summed E-state index contributed by atoms with van der Waals surface area (Å²) in [5, 5.41) is -0.0286. The number of hydrogen-bond donors (Lipinski definition) is 0. The maximum Gasteiger partial charge on any atom is 0.475 e. The summed E-state index contributed by atoms with van der Waals surface area (Å²) in [5.74, 6) is -1.83. The Morgan fingerprint density at radius 2 is 1.54 bits per heavy atom. The van der Waals surface area contributed by atoms with Crippen LogP contribution in [0.25, 0.3) is 0 Å². The van der Waals surface area contributed by atoms with Crippen molar-refractivity contribution < 1.29 is 55.2 Å². The number of anilines is 1. The molecular formula is C26H27ClF4NO8P. The lowest BCUT2D eigenvalue weighted by Gasteiger charge is -2.38. The van der Waals surface area contributed by atoms with Gasteiger partial charge in [0.1, 0.15) is 5.75 Å². The first-order chi connectivity index (χ1) is 18.7. The average molecular weight is 624 g/mol. The number of fused-ring (bicyclic) bond motifs is 1. The Hall–Kier alpha value is -2.83. The summed E-state index contributed by atoms with van der Waals surface area (Å²) in [4.78, 5) is 27.4. The molecule has 1 unspecified atom stereocenters. The highest BCUT2D eigenvalue weighted by Gasteiger charge is 2.59. The molecule has 0 N–H and O–H groups in total. The van der Waals surface area contributed by atoms with E-state index >= 15 is 4.39 Å². The Kier molecular flexibility index (Phi) is 8.85. The minimum Gasteiger partial charge on any atom is -0.496 e. The monoisotopic (exact) mass is 623 g/mol. The van der Waals surface area contributed by atoms with Gasteiger partial charge >= 0.3 is 27.1 Å². The second-order valence-corrected chi connectivity index (χ2v) is 11.6. The van der Waals surface area contributed by atoms with Gasteiger partial charge in [0.05, 0.1) is 29.6 Å². The number of carbonyl (C=O) groups is 2. The SMILES string of the molecule is COc1ccc(Cl)cc1C1(F)C(=O)N(C(=O)OC(OP=O)(OC(C)(C)C)OC(C)(C)C)c2cc(C(F)(F)F)ccc21. The van der Waals surface area contributed by atoms with E-state index in [1.54, 1.807) is 0 Å². The van der Waals surface area contributed by atoms with E-state index in [0.717, 1.165) is 12.1 Å². The molecule has 2 aromatic carbocycles. The molecule has 0 radical (unpaired) electrons. The molecule has 2 aromatic rings. The summed E-state index contributed by atoms with van der Waals surface area (Å²) in [7, 11) is 0.0783. The standard InChI is InChI=1S/C26H27ClF4NO8P/c1-22(2,3)38-26(40-41-35,39-23(4,5)6)37-21(34)32-18-12-14(25(29,30)31)8-10-16(18)24(28,20(32)33)17-13-15(27)9-11-19(17)36-7/h8-13H,1-7H3. The first kappa shape index (κ1) is 32.7. The quantitative estimate of drug-likeness (QED) is 0.177. The van der Waals surface area contributed by atoms with Crippen molar-refractivity contribution in [3.05, 3.63) is 58.1 Å². The summed E-state index contributed by atoms with van der Waals surface area (Å²) in [6, 6.07) is 5.33. The van der Waals surface area contributed by atoms with E-state index in [-0.39, 0.29) is 15.7 Å². The van der Waals surface area contributed by atoms with Gasteiger partial charge in [-0.25, -0.2) is 18.6 Å². The molecule has 3 rings (SSSR count). The number of ether oxygens (including phenoxy) is 4. The van der Waals surface area contributed by atoms with Gasteiger partial charge in [-0.05, 0) is 71.9 Å². The molecule has 224 valence electrons. The predicted molar refractivity (Wildman–Crippen MR) is 138 cm³/mol. The van der Waals surface area contributed by atoms with E-state index in [1.807, 2.05) is 0 Å². The van der Waals surface area contributed by atoms with Crippen molar-refractivity contribution in [3.63, 3.8) is 0 Å². The Labute approximate surface area is 239 Å². The van der Waals surface area contributed by atoms with Crippen molar-refractivity contribution in [1.82, 2.24) is 0 Å². The lowest BCUT2D eigenvalue weighted by atomic mass is 9.88. The van der Waals surface area contributed by atoms with Crippen LogP contribution >= 0.6 is 20.3 Å². The van der Waals surface area contributed by atoms with Crippen LogP contribution in [-0.2, 0) is 39.9 Å². The summed E-state index contributed by atoms with van der Waals surface area (Å²) in [5.41, 5.74) is -8.86. The molecule has 1 atom stereocenters. The van der Waals surface area contributed by atoms with E-state index in [1.165, 1.54) is 60.8 Å². The highest BCUT2D eigenvalue weighted by atomic mass is 35.5. The molecule has 41 heavy (non-hydrogen) atoms. The summed E-state index contributed by atoms with van der Waals surface area (Å²) < 4.78 is 96.2. The third-order valence-corrected chi connectivity index (χ3v) is 5.91. The van der Waals surface area contributed by atoms with Crippen molar-refractivity contribution in [2.24, 2.45) is 0 Å². The summed E-state index contributed by atoms with van der Waals surface area (Å²) >= 11 is 6.05. The fraction of sp³-hybridized carbons (Fsp3) is 0.462. The fourth-order valence-electron chi connectivity index (χ4n) is 4.02. The number of methoxy groups -OCH3 is 1. The van der Waals surface area contributed by atoms with Gasteiger partial charge in [0.25, 0.3) is 5.91 Å². The van der Waals surface area contributed by atoms with Crippen LogP contribution in [0.2, 0.25) is 5.02 Å². The smallest absolute Gasteiger partial charge is 0.475 e. The number of rotatable bonds is 7. The molecule has 0 bridgehead atoms. The second-order valence-electron chi connectivity index (χ2n) is 10.8. The molecular weight excluding hydrogens is 597 g/mol. The maximum atomic E-state index is 17.1. The largest absolute Gasteiger partial charge is 0.496 e. The zero-order valence-electron chi connectivity index (χ0n) is 23.0. The lowest BCUT2D eigenvalue weighted by Crippen LogP contribution is -2.53. The van der Waals surface area contributed by atoms with Crippen LogP contribution in [0.3, 0.4) is 0 Å². The molecule has 1 heterocycles. The molecule has 1 aliphatic rings. The van der Waals surface area contributed by atoms with Crippen LogP contribution in [0.5, 0.6) is 5.75 Å². The Morgan fingerprint density at radius 3 is 2.02 bits per heavy atom. The van der Waals surface area contributed by atoms with Crippen molar-refractivity contribution in [3.8, 4) is 5.75 Å². The molecule has 0 aliphatic carbocycles. The number of halogens is 5. The van der Waals surface area contributed by atoms with Crippen LogP contribution in [0.1, 0.15) is 58.2 Å². The van der Waals surface area contributed by atoms with Gasteiger partial charge in [-0.2, -0.15) is 17.7 Å². The normalized spacial score (nSPS) is 18.0. The average Bonchev–Trinajstić information content (AvgIpc) is 3.03.